The lowest BCUT2D eigenvalue weighted by molar-refractivity contribution is -0.123. The van der Waals surface area contributed by atoms with Gasteiger partial charge in [0.25, 0.3) is 0 Å². The van der Waals surface area contributed by atoms with E-state index in [1.807, 2.05) is 0 Å². The number of amides is 1. The average Bonchev–Trinajstić information content (AvgIpc) is 2.29. The van der Waals surface area contributed by atoms with Crippen LogP contribution in [-0.4, -0.2) is 42.9 Å². The maximum Gasteiger partial charge on any atom is 0.237 e. The van der Waals surface area contributed by atoms with Gasteiger partial charge in [-0.3, -0.25) is 4.79 Å². The molecule has 4 N–H and O–H groups in total. The van der Waals surface area contributed by atoms with Crippen LogP contribution in [0.2, 0.25) is 0 Å². The molecule has 1 aliphatic carbocycles. The quantitative estimate of drug-likeness (QED) is 0.609. The molecule has 1 fully saturated rings. The van der Waals surface area contributed by atoms with E-state index in [0.29, 0.717) is 13.0 Å². The molecule has 0 bridgehead atoms. The van der Waals surface area contributed by atoms with Gasteiger partial charge in [-0.25, -0.2) is 0 Å². The lowest BCUT2D eigenvalue weighted by atomic mass is 9.93. The average molecular weight is 230 g/mol. The van der Waals surface area contributed by atoms with Crippen LogP contribution in [0.15, 0.2) is 0 Å². The normalized spacial score (nSPS) is 27.4. The van der Waals surface area contributed by atoms with Gasteiger partial charge in [0.05, 0.1) is 12.1 Å². The summed E-state index contributed by atoms with van der Waals surface area (Å²) in [7, 11) is 1.59. The maximum absolute atomic E-state index is 11.6. The first-order valence-electron chi connectivity index (χ1n) is 5.86. The second-order valence-electron chi connectivity index (χ2n) is 4.40. The Bertz CT molecular complexity index is 215. The van der Waals surface area contributed by atoms with Gasteiger partial charge < -0.3 is 20.9 Å². The molecule has 94 valence electrons. The molecule has 0 spiro atoms. The molecule has 5 heteroatoms. The number of ether oxygens (including phenoxy) is 1. The molecule has 1 aliphatic rings. The van der Waals surface area contributed by atoms with Gasteiger partial charge in [-0.2, -0.15) is 0 Å². The molecule has 0 heterocycles. The third-order valence-electron chi connectivity index (χ3n) is 3.01. The van der Waals surface area contributed by atoms with Crippen molar-refractivity contribution in [1.82, 2.24) is 5.32 Å². The predicted molar refractivity (Wildman–Crippen MR) is 60.9 cm³/mol. The van der Waals surface area contributed by atoms with E-state index in [2.05, 4.69) is 5.32 Å². The highest BCUT2D eigenvalue weighted by atomic mass is 16.5. The van der Waals surface area contributed by atoms with Crippen molar-refractivity contribution >= 4 is 5.91 Å². The van der Waals surface area contributed by atoms with Gasteiger partial charge in [0, 0.05) is 19.8 Å². The largest absolute Gasteiger partial charge is 0.393 e. The molecule has 1 atom stereocenters. The summed E-state index contributed by atoms with van der Waals surface area (Å²) < 4.78 is 4.87. The predicted octanol–water partition coefficient (Wildman–Crippen LogP) is -0.230. The molecule has 0 aliphatic heterocycles. The van der Waals surface area contributed by atoms with Crippen LogP contribution in [0.5, 0.6) is 0 Å². The van der Waals surface area contributed by atoms with E-state index in [0.717, 1.165) is 25.7 Å². The second kappa shape index (κ2) is 6.83. The van der Waals surface area contributed by atoms with Crippen LogP contribution in [0.3, 0.4) is 0 Å². The molecular formula is C11H22N2O3. The van der Waals surface area contributed by atoms with Crippen LogP contribution in [0.1, 0.15) is 32.1 Å². The second-order valence-corrected chi connectivity index (χ2v) is 4.40. The third kappa shape index (κ3) is 4.47. The van der Waals surface area contributed by atoms with Crippen molar-refractivity contribution in [3.8, 4) is 0 Å². The minimum absolute atomic E-state index is 0.113. The Kier molecular flexibility index (Phi) is 5.73. The van der Waals surface area contributed by atoms with Crippen molar-refractivity contribution in [2.75, 3.05) is 13.7 Å². The molecule has 16 heavy (non-hydrogen) atoms. The zero-order chi connectivity index (χ0) is 12.0. The molecule has 0 aromatic heterocycles. The minimum atomic E-state index is -0.494. The van der Waals surface area contributed by atoms with Crippen LogP contribution in [-0.2, 0) is 9.53 Å². The first kappa shape index (κ1) is 13.4. The summed E-state index contributed by atoms with van der Waals surface area (Å²) in [6, 6.07) is -0.323. The Hall–Kier alpha value is -0.650. The number of carbonyl (C=O) groups excluding carboxylic acids is 1. The number of hydrogen-bond acceptors (Lipinski definition) is 4. The standard InChI is InChI=1S/C11H22N2O3/c1-16-7-6-10(12)11(15)13-8-2-4-9(14)5-3-8/h8-10,14H,2-7,12H2,1H3,(H,13,15). The molecule has 1 amide bonds. The van der Waals surface area contributed by atoms with Gasteiger partial charge >= 0.3 is 0 Å². The minimum Gasteiger partial charge on any atom is -0.393 e. The topological polar surface area (TPSA) is 84.6 Å². The number of aliphatic hydroxyl groups is 1. The highest BCUT2D eigenvalue weighted by Gasteiger charge is 2.22. The van der Waals surface area contributed by atoms with Gasteiger partial charge in [0.1, 0.15) is 0 Å². The fourth-order valence-electron chi connectivity index (χ4n) is 1.90. The van der Waals surface area contributed by atoms with E-state index in [9.17, 15) is 9.90 Å². The summed E-state index contributed by atoms with van der Waals surface area (Å²) in [5.41, 5.74) is 5.71. The van der Waals surface area contributed by atoms with Gasteiger partial charge in [-0.05, 0) is 32.1 Å². The first-order valence-corrected chi connectivity index (χ1v) is 5.86. The van der Waals surface area contributed by atoms with Crippen molar-refractivity contribution in [3.05, 3.63) is 0 Å². The SMILES string of the molecule is COCCC(N)C(=O)NC1CCC(O)CC1. The van der Waals surface area contributed by atoms with Crippen molar-refractivity contribution in [2.24, 2.45) is 5.73 Å². The number of rotatable bonds is 5. The molecule has 0 radical (unpaired) electrons. The Morgan fingerprint density at radius 2 is 2.12 bits per heavy atom. The van der Waals surface area contributed by atoms with Gasteiger partial charge in [0.15, 0.2) is 0 Å². The van der Waals surface area contributed by atoms with E-state index in [1.54, 1.807) is 7.11 Å². The lowest BCUT2D eigenvalue weighted by Crippen LogP contribution is -2.47. The number of methoxy groups -OCH3 is 1. The smallest absolute Gasteiger partial charge is 0.237 e. The fraction of sp³-hybridized carbons (Fsp3) is 0.909. The van der Waals surface area contributed by atoms with Crippen molar-refractivity contribution in [1.29, 1.82) is 0 Å². The summed E-state index contributed by atoms with van der Waals surface area (Å²) in [5.74, 6) is -0.113. The number of aliphatic hydroxyl groups excluding tert-OH is 1. The summed E-state index contributed by atoms with van der Waals surface area (Å²) >= 11 is 0. The highest BCUT2D eigenvalue weighted by Crippen LogP contribution is 2.18. The Labute approximate surface area is 96.3 Å². The van der Waals surface area contributed by atoms with Gasteiger partial charge in [-0.1, -0.05) is 0 Å². The van der Waals surface area contributed by atoms with Crippen LogP contribution in [0.4, 0.5) is 0 Å². The molecule has 1 unspecified atom stereocenters. The van der Waals surface area contributed by atoms with E-state index >= 15 is 0 Å². The van der Waals surface area contributed by atoms with Crippen LogP contribution < -0.4 is 11.1 Å². The Morgan fingerprint density at radius 3 is 2.69 bits per heavy atom. The van der Waals surface area contributed by atoms with Crippen molar-refractivity contribution < 1.29 is 14.6 Å². The van der Waals surface area contributed by atoms with Crippen LogP contribution in [0, 0.1) is 0 Å². The number of nitrogens with two attached hydrogens (primary N) is 1. The maximum atomic E-state index is 11.6. The monoisotopic (exact) mass is 230 g/mol. The van der Waals surface area contributed by atoms with E-state index in [-0.39, 0.29) is 18.1 Å². The number of nitrogens with one attached hydrogen (secondary N) is 1. The van der Waals surface area contributed by atoms with Gasteiger partial charge in [0.2, 0.25) is 5.91 Å². The highest BCUT2D eigenvalue weighted by molar-refractivity contribution is 5.81. The van der Waals surface area contributed by atoms with Crippen LogP contribution in [0.25, 0.3) is 0 Å². The summed E-state index contributed by atoms with van der Waals surface area (Å²) in [6.45, 7) is 0.498. The molecule has 1 saturated carbocycles. The zero-order valence-electron chi connectivity index (χ0n) is 9.82. The fourth-order valence-corrected chi connectivity index (χ4v) is 1.90. The van der Waals surface area contributed by atoms with E-state index in [1.165, 1.54) is 0 Å². The molecule has 0 saturated heterocycles. The summed E-state index contributed by atoms with van der Waals surface area (Å²) in [5, 5.41) is 12.2. The summed E-state index contributed by atoms with van der Waals surface area (Å²) in [6.07, 6.45) is 3.54. The van der Waals surface area contributed by atoms with Crippen molar-refractivity contribution in [2.45, 2.75) is 50.3 Å². The Morgan fingerprint density at radius 1 is 1.50 bits per heavy atom. The summed E-state index contributed by atoms with van der Waals surface area (Å²) in [4.78, 5) is 11.6. The van der Waals surface area contributed by atoms with Gasteiger partial charge in [-0.15, -0.1) is 0 Å². The number of hydrogen-bond donors (Lipinski definition) is 3. The van der Waals surface area contributed by atoms with E-state index in [4.69, 9.17) is 10.5 Å². The number of carbonyl (C=O) groups is 1. The Balaban J connectivity index is 2.22. The lowest BCUT2D eigenvalue weighted by Gasteiger charge is -2.27. The molecule has 0 aromatic carbocycles. The van der Waals surface area contributed by atoms with Crippen LogP contribution >= 0.6 is 0 Å². The molecule has 5 nitrogen and oxygen atoms in total. The van der Waals surface area contributed by atoms with Crippen molar-refractivity contribution in [3.63, 3.8) is 0 Å². The molecule has 0 aromatic rings. The zero-order valence-corrected chi connectivity index (χ0v) is 9.82. The molecule has 1 rings (SSSR count). The third-order valence-corrected chi connectivity index (χ3v) is 3.01. The van der Waals surface area contributed by atoms with E-state index < -0.39 is 6.04 Å². The first-order chi connectivity index (χ1) is 7.63. The molecular weight excluding hydrogens is 208 g/mol.